The van der Waals surface area contributed by atoms with Gasteiger partial charge in [0.2, 0.25) is 0 Å². The van der Waals surface area contributed by atoms with Crippen LogP contribution >= 0.6 is 0 Å². The van der Waals surface area contributed by atoms with Gasteiger partial charge in [-0.05, 0) is 48.8 Å². The zero-order chi connectivity index (χ0) is 14.5. The number of rotatable bonds is 5. The van der Waals surface area contributed by atoms with Crippen LogP contribution in [0.25, 0.3) is 0 Å². The van der Waals surface area contributed by atoms with Gasteiger partial charge in [0.15, 0.2) is 0 Å². The maximum Gasteiger partial charge on any atom is 0.120 e. The van der Waals surface area contributed by atoms with Crippen molar-refractivity contribution in [3.05, 3.63) is 29.8 Å². The lowest BCUT2D eigenvalue weighted by Gasteiger charge is -2.32. The zero-order valence-corrected chi connectivity index (χ0v) is 13.4. The van der Waals surface area contributed by atoms with Crippen LogP contribution in [0.5, 0.6) is 5.75 Å². The third-order valence-electron chi connectivity index (χ3n) is 4.47. The molecule has 0 radical (unpaired) electrons. The summed E-state index contributed by atoms with van der Waals surface area (Å²) in [5, 5.41) is 3.45. The van der Waals surface area contributed by atoms with E-state index in [0.29, 0.717) is 12.1 Å². The summed E-state index contributed by atoms with van der Waals surface area (Å²) in [6.45, 7) is 9.96. The second-order valence-corrected chi connectivity index (χ2v) is 6.69. The lowest BCUT2D eigenvalue weighted by molar-refractivity contribution is 0.101. The summed E-state index contributed by atoms with van der Waals surface area (Å²) in [7, 11) is 0. The molecular weight excluding hydrogens is 246 g/mol. The molecule has 0 aromatic heterocycles. The van der Waals surface area contributed by atoms with E-state index in [1.54, 1.807) is 0 Å². The maximum absolute atomic E-state index is 6.19. The van der Waals surface area contributed by atoms with E-state index in [0.717, 1.165) is 24.1 Å². The van der Waals surface area contributed by atoms with Crippen molar-refractivity contribution < 1.29 is 4.74 Å². The zero-order valence-electron chi connectivity index (χ0n) is 13.4. The molecule has 0 spiro atoms. The largest absolute Gasteiger partial charge is 0.490 e. The quantitative estimate of drug-likeness (QED) is 0.860. The van der Waals surface area contributed by atoms with Crippen molar-refractivity contribution >= 4 is 0 Å². The fourth-order valence-corrected chi connectivity index (χ4v) is 2.85. The molecule has 112 valence electrons. The van der Waals surface area contributed by atoms with Gasteiger partial charge in [-0.25, -0.2) is 0 Å². The highest BCUT2D eigenvalue weighted by molar-refractivity contribution is 5.28. The lowest BCUT2D eigenvalue weighted by atomic mass is 9.80. The summed E-state index contributed by atoms with van der Waals surface area (Å²) in [5.41, 5.74) is 1.30. The Morgan fingerprint density at radius 1 is 1.20 bits per heavy atom. The molecule has 0 aliphatic heterocycles. The van der Waals surface area contributed by atoms with Gasteiger partial charge in [0.1, 0.15) is 5.75 Å². The van der Waals surface area contributed by atoms with Gasteiger partial charge in [0, 0.05) is 12.6 Å². The van der Waals surface area contributed by atoms with E-state index in [-0.39, 0.29) is 0 Å². The van der Waals surface area contributed by atoms with Crippen LogP contribution < -0.4 is 10.1 Å². The Hall–Kier alpha value is -1.02. The van der Waals surface area contributed by atoms with Crippen LogP contribution in [0, 0.1) is 11.8 Å². The Morgan fingerprint density at radius 2 is 2.00 bits per heavy atom. The molecule has 2 nitrogen and oxygen atoms in total. The normalized spacial score (nSPS) is 26.8. The highest BCUT2D eigenvalue weighted by atomic mass is 16.5. The Bertz CT molecular complexity index is 416. The van der Waals surface area contributed by atoms with E-state index in [2.05, 4.69) is 57.3 Å². The molecule has 3 atom stereocenters. The van der Waals surface area contributed by atoms with Crippen LogP contribution in [-0.4, -0.2) is 12.1 Å². The lowest BCUT2D eigenvalue weighted by Crippen LogP contribution is -2.28. The van der Waals surface area contributed by atoms with Gasteiger partial charge in [0.25, 0.3) is 0 Å². The fourth-order valence-electron chi connectivity index (χ4n) is 2.85. The van der Waals surface area contributed by atoms with Gasteiger partial charge < -0.3 is 10.1 Å². The van der Waals surface area contributed by atoms with Crippen molar-refractivity contribution in [1.29, 1.82) is 0 Å². The summed E-state index contributed by atoms with van der Waals surface area (Å²) >= 11 is 0. The summed E-state index contributed by atoms with van der Waals surface area (Å²) in [6.07, 6.45) is 4.07. The van der Waals surface area contributed by atoms with Crippen molar-refractivity contribution in [3.63, 3.8) is 0 Å². The first-order chi connectivity index (χ1) is 9.54. The van der Waals surface area contributed by atoms with Crippen LogP contribution in [0.15, 0.2) is 24.3 Å². The Morgan fingerprint density at radius 3 is 2.70 bits per heavy atom. The molecule has 0 saturated heterocycles. The fraction of sp³-hybridized carbons (Fsp3) is 0.667. The molecule has 1 N–H and O–H groups in total. The van der Waals surface area contributed by atoms with Crippen LogP contribution in [0.2, 0.25) is 0 Å². The van der Waals surface area contributed by atoms with Crippen molar-refractivity contribution in [2.45, 2.75) is 65.6 Å². The van der Waals surface area contributed by atoms with Gasteiger partial charge >= 0.3 is 0 Å². The standard InChI is InChI=1S/C18H29NO/c1-13(2)19-12-16-6-5-7-17(11-16)20-18-9-8-14(3)15(4)10-18/h5-7,11,13-15,18-19H,8-10,12H2,1-4H3. The second kappa shape index (κ2) is 7.12. The van der Waals surface area contributed by atoms with E-state index >= 15 is 0 Å². The van der Waals surface area contributed by atoms with Crippen molar-refractivity contribution in [1.82, 2.24) is 5.32 Å². The number of nitrogens with one attached hydrogen (secondary N) is 1. The van der Waals surface area contributed by atoms with E-state index in [4.69, 9.17) is 4.74 Å². The highest BCUT2D eigenvalue weighted by Crippen LogP contribution is 2.31. The third-order valence-corrected chi connectivity index (χ3v) is 4.47. The molecule has 1 aromatic carbocycles. The van der Waals surface area contributed by atoms with E-state index in [9.17, 15) is 0 Å². The average molecular weight is 275 g/mol. The summed E-state index contributed by atoms with van der Waals surface area (Å²) < 4.78 is 6.19. The molecule has 0 bridgehead atoms. The van der Waals surface area contributed by atoms with Gasteiger partial charge in [-0.2, -0.15) is 0 Å². The van der Waals surface area contributed by atoms with Gasteiger partial charge in [0.05, 0.1) is 6.10 Å². The molecule has 20 heavy (non-hydrogen) atoms. The number of hydrogen-bond acceptors (Lipinski definition) is 2. The first-order valence-electron chi connectivity index (χ1n) is 8.03. The molecular formula is C18H29NO. The topological polar surface area (TPSA) is 21.3 Å². The minimum atomic E-state index is 0.398. The minimum absolute atomic E-state index is 0.398. The Balaban J connectivity index is 1.91. The highest BCUT2D eigenvalue weighted by Gasteiger charge is 2.25. The summed E-state index contributed by atoms with van der Waals surface area (Å²) in [6, 6.07) is 9.04. The summed E-state index contributed by atoms with van der Waals surface area (Å²) in [5.74, 6) is 2.65. The SMILES string of the molecule is CC(C)NCc1cccc(OC2CCC(C)C(C)C2)c1. The van der Waals surface area contributed by atoms with E-state index < -0.39 is 0 Å². The molecule has 2 heteroatoms. The molecule has 3 unspecified atom stereocenters. The molecule has 0 heterocycles. The molecule has 1 aliphatic rings. The number of ether oxygens (including phenoxy) is 1. The summed E-state index contributed by atoms with van der Waals surface area (Å²) in [4.78, 5) is 0. The molecule has 1 aliphatic carbocycles. The van der Waals surface area contributed by atoms with Gasteiger partial charge in [-0.1, -0.05) is 39.8 Å². The van der Waals surface area contributed by atoms with Gasteiger partial charge in [-0.3, -0.25) is 0 Å². The predicted octanol–water partition coefficient (Wildman–Crippen LogP) is 4.39. The molecule has 1 fully saturated rings. The first kappa shape index (κ1) is 15.4. The van der Waals surface area contributed by atoms with E-state index in [1.165, 1.54) is 24.8 Å². The van der Waals surface area contributed by atoms with Crippen molar-refractivity contribution in [2.24, 2.45) is 11.8 Å². The molecule has 1 aromatic rings. The average Bonchev–Trinajstić information content (AvgIpc) is 2.41. The van der Waals surface area contributed by atoms with Gasteiger partial charge in [-0.15, -0.1) is 0 Å². The Labute approximate surface area is 123 Å². The molecule has 1 saturated carbocycles. The monoisotopic (exact) mass is 275 g/mol. The smallest absolute Gasteiger partial charge is 0.120 e. The van der Waals surface area contributed by atoms with Crippen LogP contribution in [0.1, 0.15) is 52.5 Å². The van der Waals surface area contributed by atoms with E-state index in [1.807, 2.05) is 0 Å². The Kier molecular flexibility index (Phi) is 5.47. The van der Waals surface area contributed by atoms with Crippen LogP contribution in [0.4, 0.5) is 0 Å². The third kappa shape index (κ3) is 4.52. The van der Waals surface area contributed by atoms with Crippen LogP contribution in [0.3, 0.4) is 0 Å². The maximum atomic E-state index is 6.19. The van der Waals surface area contributed by atoms with Crippen molar-refractivity contribution in [2.75, 3.05) is 0 Å². The van der Waals surface area contributed by atoms with Crippen molar-refractivity contribution in [3.8, 4) is 5.75 Å². The minimum Gasteiger partial charge on any atom is -0.490 e. The van der Waals surface area contributed by atoms with Crippen LogP contribution in [-0.2, 0) is 6.54 Å². The second-order valence-electron chi connectivity index (χ2n) is 6.69. The number of benzene rings is 1. The molecule has 2 rings (SSSR count). The predicted molar refractivity (Wildman–Crippen MR) is 85.0 cm³/mol. The molecule has 0 amide bonds. The first-order valence-corrected chi connectivity index (χ1v) is 8.03. The number of hydrogen-bond donors (Lipinski definition) is 1.